The summed E-state index contributed by atoms with van der Waals surface area (Å²) in [5.74, 6) is -1.28. The lowest BCUT2D eigenvalue weighted by atomic mass is 10.0. The average molecular weight is 496 g/mol. The lowest BCUT2D eigenvalue weighted by molar-refractivity contribution is -0.132. The van der Waals surface area contributed by atoms with Crippen molar-refractivity contribution >= 4 is 21.8 Å². The molecule has 0 spiro atoms. The second-order valence-corrected chi connectivity index (χ2v) is 10.1. The quantitative estimate of drug-likeness (QED) is 0.545. The Kier molecular flexibility index (Phi) is 7.57. The van der Waals surface area contributed by atoms with Gasteiger partial charge in [0.05, 0.1) is 12.5 Å². The number of hydrogen-bond acceptors (Lipinski definition) is 4. The molecule has 35 heavy (non-hydrogen) atoms. The first-order chi connectivity index (χ1) is 16.9. The topological polar surface area (TPSA) is 86.8 Å². The minimum Gasteiger partial charge on any atom is -0.345 e. The minimum atomic E-state index is -3.99. The molecule has 1 saturated heterocycles. The van der Waals surface area contributed by atoms with Gasteiger partial charge in [-0.1, -0.05) is 60.7 Å². The van der Waals surface area contributed by atoms with E-state index in [9.17, 15) is 22.4 Å². The molecule has 0 aromatic heterocycles. The number of carbonyl (C=O) groups is 2. The molecule has 1 heterocycles. The third-order valence-corrected chi connectivity index (χ3v) is 7.90. The number of benzene rings is 3. The molecule has 1 atom stereocenters. The molecule has 4 rings (SSSR count). The van der Waals surface area contributed by atoms with Crippen molar-refractivity contribution in [1.29, 1.82) is 0 Å². The third kappa shape index (κ3) is 5.75. The zero-order valence-corrected chi connectivity index (χ0v) is 19.8. The zero-order valence-electron chi connectivity index (χ0n) is 19.0. The molecule has 3 aromatic rings. The summed E-state index contributed by atoms with van der Waals surface area (Å²) >= 11 is 0. The van der Waals surface area contributed by atoms with Gasteiger partial charge in [0.15, 0.2) is 0 Å². The van der Waals surface area contributed by atoms with Crippen LogP contribution in [0.3, 0.4) is 0 Å². The van der Waals surface area contributed by atoms with Crippen LogP contribution in [-0.4, -0.2) is 55.6 Å². The summed E-state index contributed by atoms with van der Waals surface area (Å²) in [6.45, 7) is 0.491. The Morgan fingerprint density at radius 3 is 2.03 bits per heavy atom. The summed E-state index contributed by atoms with van der Waals surface area (Å²) in [6.07, 6.45) is 0.0304. The Hall–Kier alpha value is -3.56. The predicted octanol–water partition coefficient (Wildman–Crippen LogP) is 3.22. The van der Waals surface area contributed by atoms with E-state index in [2.05, 4.69) is 5.32 Å². The summed E-state index contributed by atoms with van der Waals surface area (Å²) in [4.78, 5) is 27.1. The van der Waals surface area contributed by atoms with Crippen LogP contribution < -0.4 is 5.32 Å². The molecule has 1 aliphatic heterocycles. The molecule has 1 N–H and O–H groups in total. The van der Waals surface area contributed by atoms with Gasteiger partial charge in [0.1, 0.15) is 10.7 Å². The van der Waals surface area contributed by atoms with Crippen LogP contribution in [0.5, 0.6) is 0 Å². The number of nitrogens with one attached hydrogen (secondary N) is 1. The number of piperazine rings is 1. The molecule has 7 nitrogen and oxygen atoms in total. The molecule has 182 valence electrons. The summed E-state index contributed by atoms with van der Waals surface area (Å²) < 4.78 is 40.9. The molecule has 3 aromatic carbocycles. The molecule has 9 heteroatoms. The van der Waals surface area contributed by atoms with Gasteiger partial charge in [0.2, 0.25) is 15.9 Å². The maximum Gasteiger partial charge on any atom is 0.251 e. The number of sulfonamides is 1. The molecular weight excluding hydrogens is 469 g/mol. The molecule has 2 amide bonds. The summed E-state index contributed by atoms with van der Waals surface area (Å²) in [5.41, 5.74) is 1.29. The van der Waals surface area contributed by atoms with Crippen molar-refractivity contribution in [3.05, 3.63) is 102 Å². The SMILES string of the molecule is O=C(N[C@@H](CC(=O)N1CCN(S(=O)(=O)c2ccccc2F)CC1)c1ccccc1)c1ccccc1. The van der Waals surface area contributed by atoms with Crippen molar-refractivity contribution in [2.75, 3.05) is 26.2 Å². The average Bonchev–Trinajstić information content (AvgIpc) is 2.89. The van der Waals surface area contributed by atoms with Crippen LogP contribution in [0.2, 0.25) is 0 Å². The fraction of sp³-hybridized carbons (Fsp3) is 0.231. The van der Waals surface area contributed by atoms with Crippen LogP contribution in [0.15, 0.2) is 89.8 Å². The number of nitrogens with zero attached hydrogens (tertiary/aromatic N) is 2. The number of halogens is 1. The highest BCUT2D eigenvalue weighted by molar-refractivity contribution is 7.89. The van der Waals surface area contributed by atoms with Crippen LogP contribution in [0.1, 0.15) is 28.4 Å². The van der Waals surface area contributed by atoms with Crippen molar-refractivity contribution in [2.24, 2.45) is 0 Å². The third-order valence-electron chi connectivity index (χ3n) is 5.97. The molecule has 0 bridgehead atoms. The molecule has 1 fully saturated rings. The van der Waals surface area contributed by atoms with Gasteiger partial charge in [-0.25, -0.2) is 12.8 Å². The molecular formula is C26H26FN3O4S. The minimum absolute atomic E-state index is 0.0304. The first kappa shape index (κ1) is 24.6. The monoisotopic (exact) mass is 495 g/mol. The van der Waals surface area contributed by atoms with E-state index in [1.54, 1.807) is 29.2 Å². The van der Waals surface area contributed by atoms with Gasteiger partial charge in [-0.3, -0.25) is 9.59 Å². The van der Waals surface area contributed by atoms with E-state index in [0.717, 1.165) is 11.6 Å². The van der Waals surface area contributed by atoms with Crippen molar-refractivity contribution < 1.29 is 22.4 Å². The summed E-state index contributed by atoms with van der Waals surface area (Å²) in [5, 5.41) is 2.95. The van der Waals surface area contributed by atoms with Gasteiger partial charge in [-0.2, -0.15) is 4.31 Å². The molecule has 0 aliphatic carbocycles. The molecule has 0 saturated carbocycles. The van der Waals surface area contributed by atoms with E-state index >= 15 is 0 Å². The Morgan fingerprint density at radius 1 is 0.829 bits per heavy atom. The number of hydrogen-bond donors (Lipinski definition) is 1. The molecule has 1 aliphatic rings. The van der Waals surface area contributed by atoms with Crippen molar-refractivity contribution in [3.8, 4) is 0 Å². The lowest BCUT2D eigenvalue weighted by Gasteiger charge is -2.35. The number of amides is 2. The normalized spacial score (nSPS) is 15.4. The van der Waals surface area contributed by atoms with E-state index in [0.29, 0.717) is 5.56 Å². The van der Waals surface area contributed by atoms with Crippen LogP contribution >= 0.6 is 0 Å². The fourth-order valence-corrected chi connectivity index (χ4v) is 5.53. The molecule has 0 radical (unpaired) electrons. The summed E-state index contributed by atoms with van der Waals surface area (Å²) in [6, 6.07) is 22.7. The Morgan fingerprint density at radius 2 is 1.40 bits per heavy atom. The van der Waals surface area contributed by atoms with Crippen molar-refractivity contribution in [2.45, 2.75) is 17.4 Å². The van der Waals surface area contributed by atoms with Gasteiger partial charge < -0.3 is 10.2 Å². The Bertz CT molecular complexity index is 1280. The maximum atomic E-state index is 14.1. The first-order valence-corrected chi connectivity index (χ1v) is 12.7. The highest BCUT2D eigenvalue weighted by Crippen LogP contribution is 2.23. The van der Waals surface area contributed by atoms with Crippen molar-refractivity contribution in [3.63, 3.8) is 0 Å². The van der Waals surface area contributed by atoms with Gasteiger partial charge in [0.25, 0.3) is 5.91 Å². The second-order valence-electron chi connectivity index (χ2n) is 8.22. The van der Waals surface area contributed by atoms with E-state index in [4.69, 9.17) is 0 Å². The highest BCUT2D eigenvalue weighted by atomic mass is 32.2. The fourth-order valence-electron chi connectivity index (χ4n) is 4.04. The zero-order chi connectivity index (χ0) is 24.8. The van der Waals surface area contributed by atoms with Gasteiger partial charge >= 0.3 is 0 Å². The van der Waals surface area contributed by atoms with E-state index < -0.39 is 21.9 Å². The maximum absolute atomic E-state index is 14.1. The predicted molar refractivity (Wildman–Crippen MR) is 129 cm³/mol. The van der Waals surface area contributed by atoms with E-state index in [1.807, 2.05) is 36.4 Å². The van der Waals surface area contributed by atoms with E-state index in [-0.39, 0.29) is 49.3 Å². The Labute approximate surface area is 204 Å². The smallest absolute Gasteiger partial charge is 0.251 e. The van der Waals surface area contributed by atoms with Gasteiger partial charge in [-0.15, -0.1) is 0 Å². The van der Waals surface area contributed by atoms with Crippen LogP contribution in [0.4, 0.5) is 4.39 Å². The number of rotatable bonds is 7. The standard InChI is InChI=1S/C26H26FN3O4S/c27-22-13-7-8-14-24(22)35(33,34)30-17-15-29(16-18-30)25(31)19-23(20-9-3-1-4-10-20)28-26(32)21-11-5-2-6-12-21/h1-14,23H,15-19H2,(H,28,32)/t23-/m0/s1. The summed E-state index contributed by atoms with van der Waals surface area (Å²) in [7, 11) is -3.99. The first-order valence-electron chi connectivity index (χ1n) is 11.3. The molecule has 0 unspecified atom stereocenters. The second kappa shape index (κ2) is 10.8. The largest absolute Gasteiger partial charge is 0.345 e. The Balaban J connectivity index is 1.42. The highest BCUT2D eigenvalue weighted by Gasteiger charge is 2.32. The lowest BCUT2D eigenvalue weighted by Crippen LogP contribution is -2.51. The van der Waals surface area contributed by atoms with Gasteiger partial charge in [-0.05, 0) is 29.8 Å². The van der Waals surface area contributed by atoms with Crippen LogP contribution in [-0.2, 0) is 14.8 Å². The van der Waals surface area contributed by atoms with Crippen LogP contribution in [0, 0.1) is 5.82 Å². The van der Waals surface area contributed by atoms with Gasteiger partial charge in [0, 0.05) is 31.7 Å². The van der Waals surface area contributed by atoms with Crippen LogP contribution in [0.25, 0.3) is 0 Å². The number of carbonyl (C=O) groups excluding carboxylic acids is 2. The van der Waals surface area contributed by atoms with Crippen molar-refractivity contribution in [1.82, 2.24) is 14.5 Å². The van der Waals surface area contributed by atoms with E-state index in [1.165, 1.54) is 22.5 Å².